The van der Waals surface area contributed by atoms with Crippen LogP contribution in [0.15, 0.2) is 199 Å². The van der Waals surface area contributed by atoms with Gasteiger partial charge in [-0.2, -0.15) is 0 Å². The maximum atomic E-state index is 6.67. The van der Waals surface area contributed by atoms with Crippen LogP contribution in [-0.2, 0) is 0 Å². The van der Waals surface area contributed by atoms with Crippen LogP contribution in [0.1, 0.15) is 18.7 Å². The molecule has 56 heavy (non-hydrogen) atoms. The summed E-state index contributed by atoms with van der Waals surface area (Å²) in [4.78, 5) is 17.4. The highest BCUT2D eigenvalue weighted by Gasteiger charge is 2.20. The van der Waals surface area contributed by atoms with Gasteiger partial charge in [-0.15, -0.1) is 0 Å². The van der Waals surface area contributed by atoms with E-state index in [1.165, 1.54) is 22.3 Å². The Balaban J connectivity index is 1.10. The molecule has 1 aliphatic carbocycles. The minimum Gasteiger partial charge on any atom is -0.456 e. The summed E-state index contributed by atoms with van der Waals surface area (Å²) in [5, 5.41) is 1.97. The molecule has 266 valence electrons. The number of benzene rings is 7. The lowest BCUT2D eigenvalue weighted by molar-refractivity contribution is 0.669. The zero-order chi connectivity index (χ0) is 37.3. The summed E-state index contributed by atoms with van der Waals surface area (Å²) in [7, 11) is 0. The maximum Gasteiger partial charge on any atom is 0.164 e. The van der Waals surface area contributed by atoms with Gasteiger partial charge in [0.15, 0.2) is 17.5 Å². The number of allylic oxidation sites excluding steroid dienone is 4. The van der Waals surface area contributed by atoms with Gasteiger partial charge in [-0.1, -0.05) is 146 Å². The molecule has 2 aromatic heterocycles. The minimum atomic E-state index is 0.616. The van der Waals surface area contributed by atoms with Gasteiger partial charge in [0.25, 0.3) is 0 Å². The lowest BCUT2D eigenvalue weighted by Crippen LogP contribution is -2.09. The Morgan fingerprint density at radius 3 is 1.59 bits per heavy atom. The third-order valence-corrected chi connectivity index (χ3v) is 10.4. The molecule has 1 aliphatic rings. The van der Waals surface area contributed by atoms with Crippen LogP contribution in [0.5, 0.6) is 0 Å². The van der Waals surface area contributed by atoms with E-state index in [-0.39, 0.29) is 0 Å². The first-order chi connectivity index (χ1) is 27.7. The molecule has 0 N–H and O–H groups in total. The normalized spacial score (nSPS) is 12.5. The van der Waals surface area contributed by atoms with Crippen LogP contribution in [-0.4, -0.2) is 15.0 Å². The number of anilines is 3. The van der Waals surface area contributed by atoms with Crippen molar-refractivity contribution in [3.05, 3.63) is 200 Å². The fourth-order valence-electron chi connectivity index (χ4n) is 7.58. The van der Waals surface area contributed by atoms with Crippen molar-refractivity contribution in [3.63, 3.8) is 0 Å². The Labute approximate surface area is 325 Å². The van der Waals surface area contributed by atoms with Crippen molar-refractivity contribution < 1.29 is 4.42 Å². The predicted molar refractivity (Wildman–Crippen MR) is 230 cm³/mol. The number of furan rings is 1. The van der Waals surface area contributed by atoms with Gasteiger partial charge in [0.05, 0.1) is 0 Å². The Bertz CT molecular complexity index is 2800. The van der Waals surface area contributed by atoms with E-state index in [0.717, 1.165) is 68.5 Å². The Morgan fingerprint density at radius 1 is 0.429 bits per heavy atom. The molecule has 0 atom stereocenters. The Morgan fingerprint density at radius 2 is 0.982 bits per heavy atom. The van der Waals surface area contributed by atoms with E-state index in [4.69, 9.17) is 19.4 Å². The van der Waals surface area contributed by atoms with E-state index in [2.05, 4.69) is 144 Å². The summed E-state index contributed by atoms with van der Waals surface area (Å²) in [5.41, 5.74) is 12.2. The average molecular weight is 721 g/mol. The highest BCUT2D eigenvalue weighted by Crippen LogP contribution is 2.42. The first-order valence-electron chi connectivity index (χ1n) is 19.0. The molecule has 10 rings (SSSR count). The zero-order valence-electron chi connectivity index (χ0n) is 30.6. The topological polar surface area (TPSA) is 55.1 Å². The van der Waals surface area contributed by atoms with Crippen molar-refractivity contribution in [2.24, 2.45) is 0 Å². The van der Waals surface area contributed by atoms with Crippen molar-refractivity contribution in [2.45, 2.75) is 12.8 Å². The van der Waals surface area contributed by atoms with Crippen molar-refractivity contribution in [1.29, 1.82) is 0 Å². The maximum absolute atomic E-state index is 6.67. The number of rotatable bonds is 8. The molecule has 0 spiro atoms. The second-order valence-corrected chi connectivity index (χ2v) is 13.9. The number of hydrogen-bond acceptors (Lipinski definition) is 5. The third-order valence-electron chi connectivity index (χ3n) is 10.4. The summed E-state index contributed by atoms with van der Waals surface area (Å²) in [6.45, 7) is 0. The van der Waals surface area contributed by atoms with Gasteiger partial charge in [0.2, 0.25) is 0 Å². The average Bonchev–Trinajstić information content (AvgIpc) is 3.66. The molecule has 0 saturated heterocycles. The Kier molecular flexibility index (Phi) is 8.58. The number of fused-ring (bicyclic) bond motifs is 3. The highest BCUT2D eigenvalue weighted by atomic mass is 16.3. The summed E-state index contributed by atoms with van der Waals surface area (Å²) in [6.07, 6.45) is 8.48. The van der Waals surface area contributed by atoms with Gasteiger partial charge in [0, 0.05) is 50.6 Å². The standard InChI is InChI=1S/C51H36N4O/c1-5-14-35(15-6-1)37-24-28-41(29-25-37)55(42-30-26-38(27-31-42)36-16-7-2-8-17-36)43-32-33-44-47(34-43)56-46-23-13-22-45(48(44)46)51-53-49(39-18-9-3-10-19-39)52-50(54-51)40-20-11-4-12-21-40/h1-3,5-11,13-34H,4,12H2. The lowest BCUT2D eigenvalue weighted by atomic mass is 10.0. The molecule has 0 unspecified atom stereocenters. The van der Waals surface area contributed by atoms with Crippen molar-refractivity contribution in [1.82, 2.24) is 15.0 Å². The van der Waals surface area contributed by atoms with E-state index in [1.54, 1.807) is 0 Å². The molecule has 5 nitrogen and oxygen atoms in total. The van der Waals surface area contributed by atoms with Crippen LogP contribution < -0.4 is 4.90 Å². The monoisotopic (exact) mass is 720 g/mol. The molecule has 0 saturated carbocycles. The molecule has 7 aromatic carbocycles. The fourth-order valence-corrected chi connectivity index (χ4v) is 7.58. The van der Waals surface area contributed by atoms with E-state index in [0.29, 0.717) is 17.5 Å². The van der Waals surface area contributed by atoms with Gasteiger partial charge >= 0.3 is 0 Å². The SMILES string of the molecule is C1=CC(c2nc(-c3ccccc3)nc(-c3cccc4oc5cc(N(c6ccc(-c7ccccc7)cc6)c6ccc(-c7ccccc7)cc6)ccc5c34)n2)=CCC1. The van der Waals surface area contributed by atoms with Crippen LogP contribution in [0.2, 0.25) is 0 Å². The van der Waals surface area contributed by atoms with Crippen molar-refractivity contribution in [3.8, 4) is 45.0 Å². The van der Waals surface area contributed by atoms with Gasteiger partial charge in [-0.25, -0.2) is 15.0 Å². The number of aromatic nitrogens is 3. The van der Waals surface area contributed by atoms with Gasteiger partial charge in [-0.3, -0.25) is 0 Å². The molecular weight excluding hydrogens is 685 g/mol. The minimum absolute atomic E-state index is 0.616. The van der Waals surface area contributed by atoms with E-state index < -0.39 is 0 Å². The number of hydrogen-bond donors (Lipinski definition) is 0. The number of nitrogens with zero attached hydrogens (tertiary/aromatic N) is 4. The second kappa shape index (κ2) is 14.5. The van der Waals surface area contributed by atoms with E-state index in [9.17, 15) is 0 Å². The fraction of sp³-hybridized carbons (Fsp3) is 0.0392. The van der Waals surface area contributed by atoms with Gasteiger partial charge in [0.1, 0.15) is 11.2 Å². The highest BCUT2D eigenvalue weighted by molar-refractivity contribution is 6.12. The summed E-state index contributed by atoms with van der Waals surface area (Å²) in [6, 6.07) is 61.2. The van der Waals surface area contributed by atoms with Crippen LogP contribution in [0.25, 0.3) is 72.5 Å². The van der Waals surface area contributed by atoms with Crippen molar-refractivity contribution >= 4 is 44.6 Å². The first kappa shape index (κ1) is 33.2. The third kappa shape index (κ3) is 6.35. The van der Waals surface area contributed by atoms with E-state index in [1.807, 2.05) is 54.6 Å². The summed E-state index contributed by atoms with van der Waals surface area (Å²) < 4.78 is 6.67. The zero-order valence-corrected chi connectivity index (χ0v) is 30.6. The van der Waals surface area contributed by atoms with Crippen LogP contribution in [0, 0.1) is 0 Å². The molecule has 9 aromatic rings. The quantitative estimate of drug-likeness (QED) is 0.156. The molecule has 0 bridgehead atoms. The first-order valence-corrected chi connectivity index (χ1v) is 19.0. The second-order valence-electron chi connectivity index (χ2n) is 13.9. The molecule has 0 aliphatic heterocycles. The van der Waals surface area contributed by atoms with Crippen LogP contribution in [0.4, 0.5) is 17.1 Å². The molecular formula is C51H36N4O. The van der Waals surface area contributed by atoms with Crippen molar-refractivity contribution in [2.75, 3.05) is 4.90 Å². The Hall–Kier alpha value is -7.37. The largest absolute Gasteiger partial charge is 0.456 e. The van der Waals surface area contributed by atoms with Gasteiger partial charge in [-0.05, 0) is 77.6 Å². The molecule has 0 radical (unpaired) electrons. The predicted octanol–water partition coefficient (Wildman–Crippen LogP) is 13.6. The molecule has 5 heteroatoms. The smallest absolute Gasteiger partial charge is 0.164 e. The van der Waals surface area contributed by atoms with Gasteiger partial charge < -0.3 is 9.32 Å². The molecule has 0 fully saturated rings. The van der Waals surface area contributed by atoms with Crippen LogP contribution >= 0.6 is 0 Å². The van der Waals surface area contributed by atoms with Crippen LogP contribution in [0.3, 0.4) is 0 Å². The molecule has 2 heterocycles. The molecule has 0 amide bonds. The summed E-state index contributed by atoms with van der Waals surface area (Å²) >= 11 is 0. The lowest BCUT2D eigenvalue weighted by Gasteiger charge is -2.26. The summed E-state index contributed by atoms with van der Waals surface area (Å²) in [5.74, 6) is 1.93. The van der Waals surface area contributed by atoms with E-state index >= 15 is 0 Å².